The molecule has 0 aliphatic carbocycles. The fourth-order valence-electron chi connectivity index (χ4n) is 2.10. The lowest BCUT2D eigenvalue weighted by Gasteiger charge is -2.14. The van der Waals surface area contributed by atoms with E-state index in [0.717, 1.165) is 0 Å². The molecule has 0 saturated carbocycles. The number of hydrogen-bond acceptors (Lipinski definition) is 3. The van der Waals surface area contributed by atoms with Gasteiger partial charge in [-0.15, -0.1) is 0 Å². The number of nitrogen functional groups attached to an aromatic ring is 1. The molecule has 110 valence electrons. The summed E-state index contributed by atoms with van der Waals surface area (Å²) in [6.45, 7) is 2.63. The van der Waals surface area contributed by atoms with E-state index in [1.165, 1.54) is 5.56 Å². The lowest BCUT2D eigenvalue weighted by atomic mass is 10.0. The Balaban J connectivity index is 2.02. The van der Waals surface area contributed by atoms with Gasteiger partial charge in [-0.3, -0.25) is 4.79 Å². The predicted octanol–water partition coefficient (Wildman–Crippen LogP) is 2.81. The Morgan fingerprint density at radius 1 is 1.24 bits per heavy atom. The summed E-state index contributed by atoms with van der Waals surface area (Å²) in [6.07, 6.45) is 0. The van der Waals surface area contributed by atoms with E-state index in [9.17, 15) is 4.79 Å². The molecule has 0 saturated heterocycles. The number of rotatable bonds is 5. The maximum absolute atomic E-state index is 12.2. The van der Waals surface area contributed by atoms with Crippen molar-refractivity contribution in [2.45, 2.75) is 12.8 Å². The maximum atomic E-state index is 12.2. The van der Waals surface area contributed by atoms with Crippen LogP contribution in [0.25, 0.3) is 0 Å². The van der Waals surface area contributed by atoms with Crippen molar-refractivity contribution in [1.82, 2.24) is 5.32 Å². The average Bonchev–Trinajstić information content (AvgIpc) is 2.53. The van der Waals surface area contributed by atoms with Gasteiger partial charge in [-0.2, -0.15) is 0 Å². The van der Waals surface area contributed by atoms with Gasteiger partial charge in [0.25, 0.3) is 5.91 Å². The van der Waals surface area contributed by atoms with Gasteiger partial charge in [0.15, 0.2) is 0 Å². The Bertz CT molecular complexity index is 611. The first-order valence-corrected chi connectivity index (χ1v) is 6.88. The smallest absolute Gasteiger partial charge is 0.253 e. The molecule has 0 heterocycles. The van der Waals surface area contributed by atoms with Gasteiger partial charge in [0.2, 0.25) is 0 Å². The Kier molecular flexibility index (Phi) is 4.82. The molecule has 2 aromatic carbocycles. The van der Waals surface area contributed by atoms with Gasteiger partial charge in [0.1, 0.15) is 5.75 Å². The molecule has 0 aromatic heterocycles. The van der Waals surface area contributed by atoms with Crippen LogP contribution in [0, 0.1) is 0 Å². The molecule has 1 unspecified atom stereocenters. The van der Waals surface area contributed by atoms with Crippen molar-refractivity contribution in [3.05, 3.63) is 59.7 Å². The summed E-state index contributed by atoms with van der Waals surface area (Å²) in [5.41, 5.74) is 7.92. The largest absolute Gasteiger partial charge is 0.497 e. The fraction of sp³-hybridized carbons (Fsp3) is 0.235. The van der Waals surface area contributed by atoms with Crippen molar-refractivity contribution in [1.29, 1.82) is 0 Å². The highest BCUT2D eigenvalue weighted by Crippen LogP contribution is 2.20. The molecule has 0 bridgehead atoms. The Morgan fingerprint density at radius 2 is 1.95 bits per heavy atom. The minimum atomic E-state index is -0.186. The molecule has 4 nitrogen and oxygen atoms in total. The van der Waals surface area contributed by atoms with E-state index in [4.69, 9.17) is 10.5 Å². The number of nitrogens with one attached hydrogen (secondary N) is 1. The Morgan fingerprint density at radius 3 is 2.62 bits per heavy atom. The number of benzene rings is 2. The topological polar surface area (TPSA) is 64.3 Å². The second kappa shape index (κ2) is 6.79. The maximum Gasteiger partial charge on any atom is 0.253 e. The van der Waals surface area contributed by atoms with Crippen LogP contribution in [0.15, 0.2) is 48.5 Å². The third kappa shape index (κ3) is 3.75. The molecule has 21 heavy (non-hydrogen) atoms. The van der Waals surface area contributed by atoms with Gasteiger partial charge >= 0.3 is 0 Å². The van der Waals surface area contributed by atoms with Crippen molar-refractivity contribution < 1.29 is 9.53 Å². The van der Waals surface area contributed by atoms with E-state index in [1.807, 2.05) is 18.2 Å². The van der Waals surface area contributed by atoms with Crippen LogP contribution in [0.2, 0.25) is 0 Å². The van der Waals surface area contributed by atoms with Crippen molar-refractivity contribution in [3.63, 3.8) is 0 Å². The first-order valence-electron chi connectivity index (χ1n) is 6.88. The highest BCUT2D eigenvalue weighted by atomic mass is 16.5. The van der Waals surface area contributed by atoms with Gasteiger partial charge in [-0.05, 0) is 29.7 Å². The SMILES string of the molecule is COc1ccc(N)c(C(=O)NCC(C)c2ccccc2)c1. The summed E-state index contributed by atoms with van der Waals surface area (Å²) < 4.78 is 5.12. The number of ether oxygens (including phenoxy) is 1. The van der Waals surface area contributed by atoms with E-state index in [0.29, 0.717) is 23.5 Å². The van der Waals surface area contributed by atoms with Crippen LogP contribution in [-0.2, 0) is 0 Å². The van der Waals surface area contributed by atoms with Crippen LogP contribution in [0.5, 0.6) is 5.75 Å². The van der Waals surface area contributed by atoms with Crippen LogP contribution in [-0.4, -0.2) is 19.6 Å². The van der Waals surface area contributed by atoms with Crippen LogP contribution < -0.4 is 15.8 Å². The molecule has 0 aliphatic heterocycles. The first-order chi connectivity index (χ1) is 10.1. The lowest BCUT2D eigenvalue weighted by molar-refractivity contribution is 0.0952. The molecule has 1 amide bonds. The zero-order valence-corrected chi connectivity index (χ0v) is 12.3. The molecule has 0 aliphatic rings. The zero-order valence-electron chi connectivity index (χ0n) is 12.3. The molecule has 4 heteroatoms. The molecule has 1 atom stereocenters. The molecule has 2 aromatic rings. The van der Waals surface area contributed by atoms with Crippen molar-refractivity contribution in [2.75, 3.05) is 19.4 Å². The predicted molar refractivity (Wildman–Crippen MR) is 84.6 cm³/mol. The molecular formula is C17H20N2O2. The number of nitrogens with two attached hydrogens (primary N) is 1. The van der Waals surface area contributed by atoms with Crippen LogP contribution in [0.1, 0.15) is 28.8 Å². The van der Waals surface area contributed by atoms with Crippen LogP contribution in [0.3, 0.4) is 0 Å². The second-order valence-electron chi connectivity index (χ2n) is 4.97. The summed E-state index contributed by atoms with van der Waals surface area (Å²) in [5, 5.41) is 2.91. The van der Waals surface area contributed by atoms with E-state index in [1.54, 1.807) is 25.3 Å². The summed E-state index contributed by atoms with van der Waals surface area (Å²) in [5.74, 6) is 0.668. The minimum absolute atomic E-state index is 0.186. The quantitative estimate of drug-likeness (QED) is 0.830. The number of anilines is 1. The zero-order chi connectivity index (χ0) is 15.2. The van der Waals surface area contributed by atoms with Crippen molar-refractivity contribution >= 4 is 11.6 Å². The summed E-state index contributed by atoms with van der Waals surface area (Å²) >= 11 is 0. The van der Waals surface area contributed by atoms with E-state index >= 15 is 0 Å². The Labute approximate surface area is 124 Å². The number of hydrogen-bond donors (Lipinski definition) is 2. The summed E-state index contributed by atoms with van der Waals surface area (Å²) in [6, 6.07) is 15.1. The lowest BCUT2D eigenvalue weighted by Crippen LogP contribution is -2.28. The molecule has 2 rings (SSSR count). The van der Waals surface area contributed by atoms with Crippen molar-refractivity contribution in [2.24, 2.45) is 0 Å². The molecule has 3 N–H and O–H groups in total. The van der Waals surface area contributed by atoms with Gasteiger partial charge in [-0.1, -0.05) is 37.3 Å². The molecule has 0 fully saturated rings. The van der Waals surface area contributed by atoms with E-state index < -0.39 is 0 Å². The van der Waals surface area contributed by atoms with Gasteiger partial charge in [0, 0.05) is 12.2 Å². The monoisotopic (exact) mass is 284 g/mol. The number of methoxy groups -OCH3 is 1. The highest BCUT2D eigenvalue weighted by Gasteiger charge is 2.12. The van der Waals surface area contributed by atoms with E-state index in [2.05, 4.69) is 24.4 Å². The number of carbonyl (C=O) groups excluding carboxylic acids is 1. The number of carbonyl (C=O) groups is 1. The fourth-order valence-corrected chi connectivity index (χ4v) is 2.10. The summed E-state index contributed by atoms with van der Waals surface area (Å²) in [4.78, 5) is 12.2. The molecule has 0 radical (unpaired) electrons. The summed E-state index contributed by atoms with van der Waals surface area (Å²) in [7, 11) is 1.56. The Hall–Kier alpha value is -2.49. The minimum Gasteiger partial charge on any atom is -0.497 e. The van der Waals surface area contributed by atoms with Crippen molar-refractivity contribution in [3.8, 4) is 5.75 Å². The first kappa shape index (κ1) is 14.9. The average molecular weight is 284 g/mol. The third-order valence-corrected chi connectivity index (χ3v) is 3.44. The molecule has 0 spiro atoms. The number of amides is 1. The van der Waals surface area contributed by atoms with Crippen LogP contribution >= 0.6 is 0 Å². The van der Waals surface area contributed by atoms with E-state index in [-0.39, 0.29) is 11.8 Å². The molecular weight excluding hydrogens is 264 g/mol. The van der Waals surface area contributed by atoms with Gasteiger partial charge in [-0.25, -0.2) is 0 Å². The van der Waals surface area contributed by atoms with Gasteiger partial charge < -0.3 is 15.8 Å². The second-order valence-corrected chi connectivity index (χ2v) is 4.97. The normalized spacial score (nSPS) is 11.7. The third-order valence-electron chi connectivity index (χ3n) is 3.44. The highest BCUT2D eigenvalue weighted by molar-refractivity contribution is 5.99. The standard InChI is InChI=1S/C17H20N2O2/c1-12(13-6-4-3-5-7-13)11-19-17(20)15-10-14(21-2)8-9-16(15)18/h3-10,12H,11,18H2,1-2H3,(H,19,20). The van der Waals surface area contributed by atoms with Gasteiger partial charge in [0.05, 0.1) is 12.7 Å². The van der Waals surface area contributed by atoms with Crippen LogP contribution in [0.4, 0.5) is 5.69 Å².